The van der Waals surface area contributed by atoms with Crippen molar-refractivity contribution in [2.45, 2.75) is 125 Å². The van der Waals surface area contributed by atoms with Crippen LogP contribution in [0.3, 0.4) is 0 Å². The van der Waals surface area contributed by atoms with Crippen LogP contribution in [0.5, 0.6) is 34.5 Å². The second-order valence-corrected chi connectivity index (χ2v) is 28.4. The van der Waals surface area contributed by atoms with E-state index in [-0.39, 0.29) is 101 Å². The second kappa shape index (κ2) is 45.8. The Morgan fingerprint density at radius 3 is 0.579 bits per heavy atom. The van der Waals surface area contributed by atoms with Crippen molar-refractivity contribution in [2.75, 3.05) is 79.3 Å². The zero-order chi connectivity index (χ0) is 90.4. The van der Waals surface area contributed by atoms with Crippen LogP contribution >= 0.6 is 0 Å². The van der Waals surface area contributed by atoms with E-state index in [0.29, 0.717) is 22.3 Å². The third-order valence-electron chi connectivity index (χ3n) is 16.6. The lowest BCUT2D eigenvalue weighted by Gasteiger charge is -2.36. The van der Waals surface area contributed by atoms with E-state index in [0.717, 1.165) is 0 Å². The number of hydrogen-bond donors (Lipinski definition) is 0. The highest BCUT2D eigenvalue weighted by atomic mass is 16.7. The first kappa shape index (κ1) is 97.8. The van der Waals surface area contributed by atoms with Gasteiger partial charge >= 0.3 is 71.6 Å². The Morgan fingerprint density at radius 1 is 0.240 bits per heavy atom. The topological polar surface area (TPSA) is 371 Å². The number of hydrogen-bond acceptors (Lipinski definition) is 30. The second-order valence-electron chi connectivity index (χ2n) is 28.4. The lowest BCUT2D eigenvalue weighted by atomic mass is 9.67. The molecule has 4 aromatic rings. The van der Waals surface area contributed by atoms with E-state index in [1.54, 1.807) is 48.5 Å². The van der Waals surface area contributed by atoms with Gasteiger partial charge in [-0.05, 0) is 141 Å². The van der Waals surface area contributed by atoms with Crippen LogP contribution in [0, 0.1) is 0 Å². The smallest absolute Gasteiger partial charge is 0.333 e. The van der Waals surface area contributed by atoms with Crippen molar-refractivity contribution in [3.05, 3.63) is 241 Å². The minimum atomic E-state index is -1.96. The molecule has 0 saturated carbocycles. The summed E-state index contributed by atoms with van der Waals surface area (Å²) in [6.45, 7) is 52.0. The van der Waals surface area contributed by atoms with Crippen molar-refractivity contribution in [3.8, 4) is 45.6 Å². The molecule has 0 radical (unpaired) electrons. The molecule has 0 aromatic heterocycles. The number of carbonyl (C=O) groups excluding carboxylic acids is 12. The summed E-state index contributed by atoms with van der Waals surface area (Å²) in [5.41, 5.74) is -0.739. The van der Waals surface area contributed by atoms with Crippen molar-refractivity contribution in [3.63, 3.8) is 0 Å². The molecule has 30 heteroatoms. The Kier molecular flexibility index (Phi) is 37.0. The van der Waals surface area contributed by atoms with Gasteiger partial charge in [0.25, 0.3) is 0 Å². The molecule has 6 atom stereocenters. The molecule has 121 heavy (non-hydrogen) atoms. The van der Waals surface area contributed by atoms with Gasteiger partial charge in [0.1, 0.15) is 79.3 Å². The Morgan fingerprint density at radius 2 is 0.405 bits per heavy atom. The number of fused-ring (bicyclic) bond motifs is 3. The predicted octanol–water partition coefficient (Wildman–Crippen LogP) is 12.0. The zero-order valence-electron chi connectivity index (χ0n) is 70.1. The van der Waals surface area contributed by atoms with Gasteiger partial charge in [0, 0.05) is 66.9 Å². The summed E-state index contributed by atoms with van der Waals surface area (Å²) in [5, 5.41) is 0. The molecule has 0 N–H and O–H groups in total. The monoisotopic (exact) mass is 1670 g/mol. The zero-order valence-corrected chi connectivity index (χ0v) is 70.1. The molecule has 0 fully saturated rings. The molecule has 0 bridgehead atoms. The predicted molar refractivity (Wildman–Crippen MR) is 440 cm³/mol. The fraction of sp³-hybridized carbons (Fsp3) is 0.341. The number of carbonyl (C=O) groups is 12. The summed E-state index contributed by atoms with van der Waals surface area (Å²) in [6, 6.07) is 19.8. The first-order chi connectivity index (χ1) is 56.9. The number of rotatable bonds is 50. The van der Waals surface area contributed by atoms with Gasteiger partial charge in [-0.15, -0.1) is 0 Å². The molecular weight excluding hydrogens is 1570 g/mol. The van der Waals surface area contributed by atoms with Crippen LogP contribution in [0.2, 0.25) is 0 Å². The summed E-state index contributed by atoms with van der Waals surface area (Å²) in [7, 11) is 0. The summed E-state index contributed by atoms with van der Waals surface area (Å²) >= 11 is 0. The van der Waals surface area contributed by atoms with Crippen molar-refractivity contribution >= 4 is 71.6 Å². The molecule has 6 unspecified atom stereocenters. The Balaban J connectivity index is 2.19. The normalized spacial score (nSPS) is 12.7. The molecule has 0 heterocycles. The molecule has 646 valence electrons. The quantitative estimate of drug-likeness (QED) is 0.0198. The lowest BCUT2D eigenvalue weighted by molar-refractivity contribution is -0.156. The molecule has 0 saturated heterocycles. The first-order valence-corrected chi connectivity index (χ1v) is 37.4. The first-order valence-electron chi connectivity index (χ1n) is 37.4. The largest absolute Gasteiger partial charge is 0.486 e. The van der Waals surface area contributed by atoms with E-state index in [1.165, 1.54) is 107 Å². The highest BCUT2D eigenvalue weighted by molar-refractivity contribution is 5.93. The molecular formula is C91H102O30. The number of benzene rings is 4. The van der Waals surface area contributed by atoms with Gasteiger partial charge in [-0.2, -0.15) is 0 Å². The van der Waals surface area contributed by atoms with Gasteiger partial charge in [-0.1, -0.05) is 127 Å². The summed E-state index contributed by atoms with van der Waals surface area (Å²) in [6.07, 6.45) is -9.18. The molecule has 1 aliphatic carbocycles. The maximum atomic E-state index is 13.7. The minimum absolute atomic E-state index is 0.0399. The van der Waals surface area contributed by atoms with Crippen molar-refractivity contribution in [1.29, 1.82) is 0 Å². The number of ether oxygens (including phenoxy) is 18. The molecule has 0 aliphatic heterocycles. The van der Waals surface area contributed by atoms with Crippen LogP contribution in [0.1, 0.15) is 105 Å². The standard InChI is InChI=1S/C91H102O30/c1-49(2)79(92)110-43-63(116-85(98)55(13)14)37-104-73-33-61(34-74(105-38-64(117-86(99)56(15)16)44-111-80(93)50(3)4)77(73)108-41-67(120-89(102)59(21)22)47-114-83(96)53(9)10)91(71-31-27-25-29-69(71)70-30-26-28-32-72(70)91)62-35-75(106-39-65(118-87(100)57(17)18)45-112-81(94)51(5)6)78(109-42-68(121-90(103)60(23)24)48-115-84(97)54(11)12)76(36-62)107-40-66(119-88(101)58(19)20)46-113-82(95)52(7)8/h25-36,63-68H,1,3,5,7,9,11,13,15,17,19,21,23,37-48H2,2,4,6,8,10,12,14,16,18,20,22,24H3. The third-order valence-corrected chi connectivity index (χ3v) is 16.6. The molecule has 4 aromatic carbocycles. The van der Waals surface area contributed by atoms with Crippen LogP contribution in [0.4, 0.5) is 0 Å². The van der Waals surface area contributed by atoms with Gasteiger partial charge < -0.3 is 85.3 Å². The fourth-order valence-electron chi connectivity index (χ4n) is 10.4. The lowest BCUT2D eigenvalue weighted by Crippen LogP contribution is -2.34. The highest BCUT2D eigenvalue weighted by Gasteiger charge is 2.49. The van der Waals surface area contributed by atoms with E-state index in [2.05, 4.69) is 78.9 Å². The van der Waals surface area contributed by atoms with Crippen LogP contribution in [-0.4, -0.2) is 188 Å². The average Bonchev–Trinajstić information content (AvgIpc) is 1.55. The maximum absolute atomic E-state index is 13.7. The van der Waals surface area contributed by atoms with E-state index in [9.17, 15) is 57.5 Å². The van der Waals surface area contributed by atoms with Gasteiger partial charge in [0.05, 0.1) is 5.41 Å². The summed E-state index contributed by atoms with van der Waals surface area (Å²) in [4.78, 5) is 161. The Hall–Kier alpha value is -13.8. The van der Waals surface area contributed by atoms with Gasteiger partial charge in [0.15, 0.2) is 59.6 Å². The highest BCUT2D eigenvalue weighted by Crippen LogP contribution is 2.60. The minimum Gasteiger partial charge on any atom is -0.486 e. The fourth-order valence-corrected chi connectivity index (χ4v) is 10.4. The van der Waals surface area contributed by atoms with E-state index in [1.807, 2.05) is 0 Å². The van der Waals surface area contributed by atoms with Gasteiger partial charge in [0.2, 0.25) is 11.5 Å². The van der Waals surface area contributed by atoms with Gasteiger partial charge in [-0.25, -0.2) is 57.5 Å². The Bertz CT molecular complexity index is 4340. The van der Waals surface area contributed by atoms with E-state index < -0.39 is 204 Å². The molecule has 0 spiro atoms. The summed E-state index contributed by atoms with van der Waals surface area (Å²) < 4.78 is 109. The van der Waals surface area contributed by atoms with E-state index in [4.69, 9.17) is 85.3 Å². The van der Waals surface area contributed by atoms with Crippen molar-refractivity contribution in [1.82, 2.24) is 0 Å². The van der Waals surface area contributed by atoms with E-state index >= 15 is 0 Å². The van der Waals surface area contributed by atoms with Crippen LogP contribution in [0.25, 0.3) is 11.1 Å². The van der Waals surface area contributed by atoms with Crippen LogP contribution in [0.15, 0.2) is 219 Å². The average molecular weight is 1680 g/mol. The Labute approximate surface area is 702 Å². The van der Waals surface area contributed by atoms with Crippen molar-refractivity contribution < 1.29 is 143 Å². The van der Waals surface area contributed by atoms with Crippen LogP contribution in [-0.2, 0) is 120 Å². The van der Waals surface area contributed by atoms with Gasteiger partial charge in [-0.3, -0.25) is 0 Å². The molecule has 0 amide bonds. The number of esters is 12. The third kappa shape index (κ3) is 28.8. The van der Waals surface area contributed by atoms with Crippen molar-refractivity contribution in [2.24, 2.45) is 0 Å². The SMILES string of the molecule is C=C(C)C(=O)OCC(COc1cc(C2(c3cc(OCC(COC(=O)C(=C)C)OC(=O)C(=C)C)c(OCC(COC(=O)C(=C)C)OC(=O)C(=C)C)c(OCC(COC(=O)C(=C)C)OC(=O)C(=C)C)c3)c3ccccc3-c3ccccc32)cc(OCC(COC(=O)C(=C)C)OC(=O)C(=C)C)c1OCC(COC(=O)C(=C)C)OC(=O)C(=C)C)OC(=O)C(=C)C. The van der Waals surface area contributed by atoms with Crippen LogP contribution < -0.4 is 28.4 Å². The molecule has 5 rings (SSSR count). The molecule has 1 aliphatic rings. The summed E-state index contributed by atoms with van der Waals surface area (Å²) in [5.74, 6) is -13.6. The molecule has 30 nitrogen and oxygen atoms in total. The maximum Gasteiger partial charge on any atom is 0.333 e.